The van der Waals surface area contributed by atoms with E-state index in [4.69, 9.17) is 9.47 Å². The van der Waals surface area contributed by atoms with Crippen molar-refractivity contribution in [3.63, 3.8) is 0 Å². The van der Waals surface area contributed by atoms with E-state index in [1.807, 2.05) is 26.0 Å². The predicted octanol–water partition coefficient (Wildman–Crippen LogP) is 7.79. The molecule has 0 saturated carbocycles. The summed E-state index contributed by atoms with van der Waals surface area (Å²) >= 11 is 0. The van der Waals surface area contributed by atoms with E-state index in [2.05, 4.69) is 107 Å². The minimum Gasteiger partial charge on any atom is -0.458 e. The summed E-state index contributed by atoms with van der Waals surface area (Å²) < 4.78 is 13.4. The van der Waals surface area contributed by atoms with Gasteiger partial charge in [0.15, 0.2) is 0 Å². The molecule has 0 N–H and O–H groups in total. The Morgan fingerprint density at radius 3 is 1.89 bits per heavy atom. The maximum atomic E-state index is 6.72. The Morgan fingerprint density at radius 1 is 0.730 bits per heavy atom. The van der Waals surface area contributed by atoms with Crippen molar-refractivity contribution in [1.29, 1.82) is 0 Å². The highest BCUT2D eigenvalue weighted by atomic mass is 16.5. The average molecular weight is 484 g/mol. The van der Waals surface area contributed by atoms with E-state index < -0.39 is 0 Å². The van der Waals surface area contributed by atoms with Gasteiger partial charge in [0.2, 0.25) is 0 Å². The van der Waals surface area contributed by atoms with Crippen LogP contribution >= 0.6 is 0 Å². The largest absolute Gasteiger partial charge is 0.458 e. The van der Waals surface area contributed by atoms with Crippen LogP contribution in [0.1, 0.15) is 45.7 Å². The second kappa shape index (κ2) is 10.2. The maximum Gasteiger partial charge on any atom is 0.260 e. The van der Waals surface area contributed by atoms with Crippen LogP contribution in [-0.2, 0) is 0 Å². The van der Waals surface area contributed by atoms with Crippen LogP contribution in [0.4, 0.5) is 0 Å². The molecule has 2 aliphatic rings. The van der Waals surface area contributed by atoms with Crippen molar-refractivity contribution in [3.05, 3.63) is 108 Å². The fraction of sp³-hybridized carbons (Fsp3) is 0.176. The molecule has 0 saturated heterocycles. The third kappa shape index (κ3) is 4.09. The fourth-order valence-electron chi connectivity index (χ4n) is 5.44. The van der Waals surface area contributed by atoms with Gasteiger partial charge < -0.3 is 9.47 Å². The Labute approximate surface area is 221 Å². The Morgan fingerprint density at radius 2 is 1.30 bits per heavy atom. The summed E-state index contributed by atoms with van der Waals surface area (Å²) in [7, 11) is 0. The quantitative estimate of drug-likeness (QED) is 0.189. The Kier molecular flexibility index (Phi) is 6.80. The molecular formula is C34H33BO2. The Bertz CT molecular complexity index is 1530. The van der Waals surface area contributed by atoms with Crippen LogP contribution in [-0.4, -0.2) is 6.71 Å². The molecule has 6 rings (SSSR count). The van der Waals surface area contributed by atoms with Gasteiger partial charge in [0.05, 0.1) is 0 Å². The van der Waals surface area contributed by atoms with Crippen molar-refractivity contribution in [3.8, 4) is 34.1 Å². The maximum absolute atomic E-state index is 6.72. The van der Waals surface area contributed by atoms with Gasteiger partial charge in [-0.05, 0) is 73.5 Å². The highest BCUT2D eigenvalue weighted by Gasteiger charge is 2.42. The lowest BCUT2D eigenvalue weighted by Crippen LogP contribution is -2.57. The SMILES string of the molecule is C/C=C\C(=C(C)C)c1cc(-c2ccccc2C)c2c3c1Oc1ccccc1B3c1ccccc1O2.CC. The zero-order valence-corrected chi connectivity index (χ0v) is 22.6. The number of fused-ring (bicyclic) bond motifs is 4. The lowest BCUT2D eigenvalue weighted by atomic mass is 9.34. The normalized spacial score (nSPS) is 12.3. The van der Waals surface area contributed by atoms with E-state index in [1.54, 1.807) is 0 Å². The van der Waals surface area contributed by atoms with Crippen LogP contribution in [0.2, 0.25) is 0 Å². The lowest BCUT2D eigenvalue weighted by molar-refractivity contribution is 0.464. The Hall–Kier alpha value is -3.98. The third-order valence-electron chi connectivity index (χ3n) is 7.04. The molecule has 37 heavy (non-hydrogen) atoms. The number of hydrogen-bond donors (Lipinski definition) is 0. The molecule has 0 amide bonds. The van der Waals surface area contributed by atoms with E-state index in [0.717, 1.165) is 39.6 Å². The molecule has 4 aromatic carbocycles. The van der Waals surface area contributed by atoms with E-state index in [9.17, 15) is 0 Å². The van der Waals surface area contributed by atoms with Gasteiger partial charge >= 0.3 is 0 Å². The summed E-state index contributed by atoms with van der Waals surface area (Å²) in [6, 6.07) is 27.6. The van der Waals surface area contributed by atoms with E-state index in [-0.39, 0.29) is 6.71 Å². The summed E-state index contributed by atoms with van der Waals surface area (Å²) in [5.74, 6) is 3.60. The van der Waals surface area contributed by atoms with Crippen LogP contribution in [0.5, 0.6) is 23.0 Å². The number of benzene rings is 4. The first-order valence-electron chi connectivity index (χ1n) is 13.2. The van der Waals surface area contributed by atoms with Gasteiger partial charge in [0.1, 0.15) is 23.0 Å². The molecule has 0 bridgehead atoms. The van der Waals surface area contributed by atoms with Gasteiger partial charge in [0.25, 0.3) is 6.71 Å². The van der Waals surface area contributed by atoms with Gasteiger partial charge in [-0.2, -0.15) is 0 Å². The van der Waals surface area contributed by atoms with E-state index in [1.165, 1.54) is 33.2 Å². The summed E-state index contributed by atoms with van der Waals surface area (Å²) in [5.41, 5.74) is 10.5. The van der Waals surface area contributed by atoms with Crippen molar-refractivity contribution in [2.24, 2.45) is 0 Å². The van der Waals surface area contributed by atoms with Crippen LogP contribution in [0.25, 0.3) is 16.7 Å². The van der Waals surface area contributed by atoms with Crippen LogP contribution in [0.3, 0.4) is 0 Å². The highest BCUT2D eigenvalue weighted by Crippen LogP contribution is 2.45. The summed E-state index contributed by atoms with van der Waals surface area (Å²) in [6.45, 7) is 12.6. The minimum atomic E-state index is 0.0432. The number of ether oxygens (including phenoxy) is 2. The molecule has 3 heteroatoms. The fourth-order valence-corrected chi connectivity index (χ4v) is 5.44. The second-order valence-electron chi connectivity index (χ2n) is 9.48. The van der Waals surface area contributed by atoms with Crippen LogP contribution in [0, 0.1) is 6.92 Å². The third-order valence-corrected chi connectivity index (χ3v) is 7.04. The molecule has 0 aromatic heterocycles. The molecule has 0 spiro atoms. The zero-order valence-electron chi connectivity index (χ0n) is 22.6. The minimum absolute atomic E-state index is 0.0432. The summed E-state index contributed by atoms with van der Waals surface area (Å²) in [4.78, 5) is 0. The van der Waals surface area contributed by atoms with Gasteiger partial charge in [-0.1, -0.05) is 92.2 Å². The van der Waals surface area contributed by atoms with Gasteiger partial charge in [-0.25, -0.2) is 0 Å². The first kappa shape index (κ1) is 24.7. The highest BCUT2D eigenvalue weighted by molar-refractivity contribution is 6.98. The molecular weight excluding hydrogens is 451 g/mol. The Balaban J connectivity index is 0.00000137. The van der Waals surface area contributed by atoms with Crippen molar-refractivity contribution in [2.45, 2.75) is 41.5 Å². The second-order valence-corrected chi connectivity index (χ2v) is 9.48. The van der Waals surface area contributed by atoms with Gasteiger partial charge in [-0.3, -0.25) is 0 Å². The standard InChI is InChI=1S/C32H27BO2.C2H6/c1-5-12-22(20(2)3)24-19-25(23-14-7-6-13-21(23)4)32-30-31(24)34-28-17-10-8-15-26(28)33(30)27-16-9-11-18-29(27)35-32;1-2/h5-19H,1-4H3;1-2H3/b12-5-;. The van der Waals surface area contributed by atoms with Crippen LogP contribution in [0.15, 0.2) is 96.6 Å². The molecule has 0 unspecified atom stereocenters. The summed E-state index contributed by atoms with van der Waals surface area (Å²) in [6.07, 6.45) is 4.29. The summed E-state index contributed by atoms with van der Waals surface area (Å²) in [5, 5.41) is 0. The van der Waals surface area contributed by atoms with Crippen molar-refractivity contribution in [1.82, 2.24) is 0 Å². The van der Waals surface area contributed by atoms with Crippen molar-refractivity contribution in [2.75, 3.05) is 0 Å². The van der Waals surface area contributed by atoms with Crippen LogP contribution < -0.4 is 25.9 Å². The molecule has 0 aliphatic carbocycles. The van der Waals surface area contributed by atoms with Gasteiger partial charge in [0, 0.05) is 16.6 Å². The molecule has 0 atom stereocenters. The predicted molar refractivity (Wildman–Crippen MR) is 159 cm³/mol. The number of hydrogen-bond acceptors (Lipinski definition) is 2. The topological polar surface area (TPSA) is 18.5 Å². The van der Waals surface area contributed by atoms with E-state index in [0.29, 0.717) is 0 Å². The molecule has 0 fully saturated rings. The number of para-hydroxylation sites is 2. The van der Waals surface area contributed by atoms with Crippen molar-refractivity contribution >= 4 is 28.7 Å². The lowest BCUT2D eigenvalue weighted by Gasteiger charge is -2.35. The first-order valence-corrected chi connectivity index (χ1v) is 13.2. The first-order chi connectivity index (χ1) is 18.1. The monoisotopic (exact) mass is 484 g/mol. The molecule has 4 aromatic rings. The van der Waals surface area contributed by atoms with Crippen molar-refractivity contribution < 1.29 is 9.47 Å². The molecule has 2 heterocycles. The molecule has 184 valence electrons. The smallest absolute Gasteiger partial charge is 0.260 e. The molecule has 2 aliphatic heterocycles. The molecule has 2 nitrogen and oxygen atoms in total. The number of allylic oxidation sites excluding steroid dienone is 4. The number of rotatable bonds is 3. The van der Waals surface area contributed by atoms with Gasteiger partial charge in [-0.15, -0.1) is 0 Å². The zero-order chi connectivity index (χ0) is 26.1. The van der Waals surface area contributed by atoms with E-state index >= 15 is 0 Å². The number of aryl methyl sites for hydroxylation is 1. The average Bonchev–Trinajstić information content (AvgIpc) is 2.93. The molecule has 0 radical (unpaired) electrons.